The van der Waals surface area contributed by atoms with Gasteiger partial charge in [-0.15, -0.1) is 0 Å². The van der Waals surface area contributed by atoms with Crippen LogP contribution < -0.4 is 0 Å². The molecule has 12 nitrogen and oxygen atoms in total. The number of carbonyl (C=O) groups excluding carboxylic acids is 3. The lowest BCUT2D eigenvalue weighted by Crippen LogP contribution is -2.61. The molecule has 0 bridgehead atoms. The van der Waals surface area contributed by atoms with Gasteiger partial charge in [-0.1, -0.05) is 219 Å². The van der Waals surface area contributed by atoms with Crippen molar-refractivity contribution >= 4 is 23.9 Å². The highest BCUT2D eigenvalue weighted by atomic mass is 16.7. The monoisotopic (exact) mass is 1100 g/mol. The van der Waals surface area contributed by atoms with Gasteiger partial charge in [0.15, 0.2) is 24.6 Å². The fourth-order valence-corrected chi connectivity index (χ4v) is 8.17. The lowest BCUT2D eigenvalue weighted by Gasteiger charge is -2.40. The van der Waals surface area contributed by atoms with E-state index in [2.05, 4.69) is 124 Å². The van der Waals surface area contributed by atoms with Crippen LogP contribution in [0.5, 0.6) is 0 Å². The molecule has 12 heteroatoms. The Kier molecular flexibility index (Phi) is 48.7. The second-order valence-corrected chi connectivity index (χ2v) is 19.9. The number of rotatable bonds is 49. The van der Waals surface area contributed by atoms with Gasteiger partial charge >= 0.3 is 23.9 Å². The summed E-state index contributed by atoms with van der Waals surface area (Å²) in [6.07, 6.45) is 63.1. The lowest BCUT2D eigenvalue weighted by molar-refractivity contribution is -0.301. The molecule has 0 amide bonds. The third kappa shape index (κ3) is 43.4. The zero-order valence-corrected chi connectivity index (χ0v) is 48.8. The van der Waals surface area contributed by atoms with Crippen molar-refractivity contribution in [3.8, 4) is 0 Å². The SMILES string of the molecule is CC/C=C\C/C=C\C/C=C\C/C=C\C/C=C\C/C=C\CCC(=O)OCC(COC1OC(C(=O)O)C(O)C(O)C1OC(=O)CC/C=C\C/C=C\C/C=C\C/C=C\CC)OC(=O)CCCCCCCCC/C=C\CCCCCCCC. The quantitative estimate of drug-likeness (QED) is 0.0228. The standard InChI is InChI=1S/C67H104O12/c1-4-7-10-13-16-19-22-25-27-29-30-32-33-36-38-41-44-47-50-53-59(68)75-56-58(77-60(69)54-51-48-45-42-40-37-34-31-28-26-23-20-17-14-11-8-5-2)57-76-67-65(63(72)62(71)64(79-67)66(73)74)78-61(70)55-52-49-46-43-39-35-24-21-18-15-12-9-6-3/h7,9-10,12,16,18-19,21,25-28,30,32,35-36,38-39,44,46-47,49,58,62-65,67,71-72H,4-6,8,11,13-15,17,20,22-24,29,31,33-34,37,40-43,45,48,50-57H2,1-3H3,(H,73,74)/b10-7-,12-9-,19-16-,21-18-,27-25-,28-26-,32-30-,38-36-,39-35-,47-44-,49-46-. The number of hydrogen-bond acceptors (Lipinski definition) is 11. The van der Waals surface area contributed by atoms with Crippen molar-refractivity contribution in [3.05, 3.63) is 134 Å². The van der Waals surface area contributed by atoms with Gasteiger partial charge in [0.2, 0.25) is 0 Å². The van der Waals surface area contributed by atoms with Crippen LogP contribution in [0.25, 0.3) is 0 Å². The molecule has 6 unspecified atom stereocenters. The Bertz CT molecular complexity index is 1880. The smallest absolute Gasteiger partial charge is 0.335 e. The number of esters is 3. The number of ether oxygens (including phenoxy) is 5. The molecule has 0 aromatic heterocycles. The first-order chi connectivity index (χ1) is 38.6. The van der Waals surface area contributed by atoms with Gasteiger partial charge in [-0.3, -0.25) is 14.4 Å². The summed E-state index contributed by atoms with van der Waals surface area (Å²) in [4.78, 5) is 51.1. The Morgan fingerprint density at radius 3 is 1.27 bits per heavy atom. The summed E-state index contributed by atoms with van der Waals surface area (Å²) >= 11 is 0. The number of allylic oxidation sites excluding steroid dienone is 22. The third-order valence-electron chi connectivity index (χ3n) is 12.7. The summed E-state index contributed by atoms with van der Waals surface area (Å²) in [7, 11) is 0. The first-order valence-electron chi connectivity index (χ1n) is 30.2. The van der Waals surface area contributed by atoms with Gasteiger partial charge in [0.25, 0.3) is 0 Å². The Labute approximate surface area is 477 Å². The molecule has 0 aromatic carbocycles. The van der Waals surface area contributed by atoms with Crippen molar-refractivity contribution in [2.75, 3.05) is 13.2 Å². The van der Waals surface area contributed by atoms with E-state index in [9.17, 15) is 34.5 Å². The normalized spacial score (nSPS) is 18.8. The maximum absolute atomic E-state index is 13.2. The number of aliphatic hydroxyl groups excluding tert-OH is 2. The molecule has 0 aliphatic carbocycles. The average Bonchev–Trinajstić information content (AvgIpc) is 3.44. The highest BCUT2D eigenvalue weighted by Crippen LogP contribution is 2.26. The number of carboxylic acids is 1. The van der Waals surface area contributed by atoms with E-state index in [1.54, 1.807) is 0 Å². The summed E-state index contributed by atoms with van der Waals surface area (Å²) < 4.78 is 28.3. The van der Waals surface area contributed by atoms with Crippen molar-refractivity contribution in [2.24, 2.45) is 0 Å². The molecule has 444 valence electrons. The van der Waals surface area contributed by atoms with Crippen LogP contribution in [0.1, 0.15) is 213 Å². The maximum Gasteiger partial charge on any atom is 0.335 e. The molecule has 3 N–H and O–H groups in total. The van der Waals surface area contributed by atoms with Crippen LogP contribution in [0.15, 0.2) is 134 Å². The minimum absolute atomic E-state index is 0.0750. The van der Waals surface area contributed by atoms with E-state index in [0.29, 0.717) is 32.1 Å². The molecule has 1 heterocycles. The summed E-state index contributed by atoms with van der Waals surface area (Å²) in [6, 6.07) is 0. The van der Waals surface area contributed by atoms with Crippen molar-refractivity contribution in [1.82, 2.24) is 0 Å². The fourth-order valence-electron chi connectivity index (χ4n) is 8.17. The van der Waals surface area contributed by atoms with Crippen LogP contribution in [-0.4, -0.2) is 89.2 Å². The van der Waals surface area contributed by atoms with Crippen molar-refractivity contribution in [1.29, 1.82) is 0 Å². The van der Waals surface area contributed by atoms with E-state index < -0.39 is 67.3 Å². The average molecular weight is 1100 g/mol. The first kappa shape index (κ1) is 71.9. The highest BCUT2D eigenvalue weighted by molar-refractivity contribution is 5.74. The largest absolute Gasteiger partial charge is 0.479 e. The number of carboxylic acid groups (broad SMARTS) is 1. The predicted molar refractivity (Wildman–Crippen MR) is 321 cm³/mol. The summed E-state index contributed by atoms with van der Waals surface area (Å²) in [5.74, 6) is -3.36. The van der Waals surface area contributed by atoms with Crippen LogP contribution >= 0.6 is 0 Å². The van der Waals surface area contributed by atoms with Gasteiger partial charge in [0, 0.05) is 19.3 Å². The fraction of sp³-hybridized carbons (Fsp3) is 0.612. The van der Waals surface area contributed by atoms with Crippen molar-refractivity contribution < 1.29 is 58.2 Å². The Hall–Kier alpha value is -5.14. The number of carbonyl (C=O) groups is 4. The molecule has 0 saturated carbocycles. The van der Waals surface area contributed by atoms with E-state index >= 15 is 0 Å². The van der Waals surface area contributed by atoms with Gasteiger partial charge in [-0.2, -0.15) is 0 Å². The number of aliphatic carboxylic acids is 1. The number of unbranched alkanes of at least 4 members (excludes halogenated alkanes) is 13. The molecule has 1 rings (SSSR count). The first-order valence-corrected chi connectivity index (χ1v) is 30.2. The topological polar surface area (TPSA) is 175 Å². The summed E-state index contributed by atoms with van der Waals surface area (Å²) in [5.41, 5.74) is 0. The molecule has 0 aromatic rings. The molecule has 1 saturated heterocycles. The summed E-state index contributed by atoms with van der Waals surface area (Å²) in [6.45, 7) is 5.64. The van der Waals surface area contributed by atoms with Crippen LogP contribution in [-0.2, 0) is 42.9 Å². The Balaban J connectivity index is 2.77. The van der Waals surface area contributed by atoms with Crippen LogP contribution in [0.2, 0.25) is 0 Å². The second-order valence-electron chi connectivity index (χ2n) is 19.9. The van der Waals surface area contributed by atoms with Gasteiger partial charge in [0.05, 0.1) is 6.61 Å². The van der Waals surface area contributed by atoms with Gasteiger partial charge in [-0.05, 0) is 109 Å². The number of aliphatic hydroxyl groups is 2. The maximum atomic E-state index is 13.2. The zero-order chi connectivity index (χ0) is 57.5. The lowest BCUT2D eigenvalue weighted by atomic mass is 9.98. The van der Waals surface area contributed by atoms with Crippen molar-refractivity contribution in [3.63, 3.8) is 0 Å². The molecule has 0 spiro atoms. The zero-order valence-electron chi connectivity index (χ0n) is 48.8. The van der Waals surface area contributed by atoms with Gasteiger partial charge < -0.3 is 39.0 Å². The molecular formula is C67H104O12. The Morgan fingerprint density at radius 2 is 0.823 bits per heavy atom. The van der Waals surface area contributed by atoms with Crippen LogP contribution in [0.3, 0.4) is 0 Å². The van der Waals surface area contributed by atoms with E-state index in [1.165, 1.54) is 57.8 Å². The van der Waals surface area contributed by atoms with Crippen LogP contribution in [0, 0.1) is 0 Å². The van der Waals surface area contributed by atoms with E-state index in [1.807, 2.05) is 30.4 Å². The van der Waals surface area contributed by atoms with Gasteiger partial charge in [0.1, 0.15) is 18.8 Å². The molecule has 1 fully saturated rings. The highest BCUT2D eigenvalue weighted by Gasteiger charge is 2.50. The second kappa shape index (κ2) is 53.5. The van der Waals surface area contributed by atoms with Gasteiger partial charge in [-0.25, -0.2) is 4.79 Å². The minimum Gasteiger partial charge on any atom is -0.479 e. The predicted octanol–water partition coefficient (Wildman–Crippen LogP) is 15.8. The Morgan fingerprint density at radius 1 is 0.430 bits per heavy atom. The summed E-state index contributed by atoms with van der Waals surface area (Å²) in [5, 5.41) is 31.4. The molecule has 1 aliphatic rings. The molecule has 1 aliphatic heterocycles. The van der Waals surface area contributed by atoms with Crippen LogP contribution in [0.4, 0.5) is 0 Å². The third-order valence-corrected chi connectivity index (χ3v) is 12.7. The van der Waals surface area contributed by atoms with E-state index in [4.69, 9.17) is 23.7 Å². The molecule has 79 heavy (non-hydrogen) atoms. The molecule has 0 radical (unpaired) electrons. The van der Waals surface area contributed by atoms with E-state index in [0.717, 1.165) is 83.5 Å². The van der Waals surface area contributed by atoms with Crippen molar-refractivity contribution in [2.45, 2.75) is 250 Å². The molecular weight excluding hydrogens is 997 g/mol. The molecule has 6 atom stereocenters. The number of hydrogen-bond donors (Lipinski definition) is 3. The van der Waals surface area contributed by atoms with E-state index in [-0.39, 0.29) is 25.9 Å². The minimum atomic E-state index is -1.94.